The van der Waals surface area contributed by atoms with E-state index in [1.54, 1.807) is 36.0 Å². The summed E-state index contributed by atoms with van der Waals surface area (Å²) < 4.78 is 31.8. The number of halogens is 1. The second-order valence-corrected chi connectivity index (χ2v) is 20.7. The number of anilines is 2. The van der Waals surface area contributed by atoms with Gasteiger partial charge in [0, 0.05) is 95.6 Å². The summed E-state index contributed by atoms with van der Waals surface area (Å²) in [6.45, 7) is 8.36. The number of piperazine rings is 1. The summed E-state index contributed by atoms with van der Waals surface area (Å²) in [6.07, 6.45) is 1.57. The number of rotatable bonds is 19. The van der Waals surface area contributed by atoms with E-state index in [-0.39, 0.29) is 33.9 Å². The molecule has 69 heavy (non-hydrogen) atoms. The summed E-state index contributed by atoms with van der Waals surface area (Å²) >= 11 is 7.96. The summed E-state index contributed by atoms with van der Waals surface area (Å²) in [7, 11) is 3.85. The van der Waals surface area contributed by atoms with E-state index in [0.717, 1.165) is 96.7 Å². The average molecular weight is 988 g/mol. The molecule has 0 spiro atoms. The van der Waals surface area contributed by atoms with Gasteiger partial charge in [0.1, 0.15) is 5.69 Å². The molecule has 13 nitrogen and oxygen atoms in total. The van der Waals surface area contributed by atoms with Crippen LogP contribution in [0.4, 0.5) is 17.1 Å². The van der Waals surface area contributed by atoms with Crippen LogP contribution in [0.15, 0.2) is 131 Å². The normalized spacial score (nSPS) is 13.7. The Morgan fingerprint density at radius 3 is 2.28 bits per heavy atom. The van der Waals surface area contributed by atoms with Crippen molar-refractivity contribution in [2.24, 2.45) is 7.05 Å². The molecule has 1 aliphatic rings. The molecule has 360 valence electrons. The maximum atomic E-state index is 14.1. The predicted molar refractivity (Wildman–Crippen MR) is 281 cm³/mol. The van der Waals surface area contributed by atoms with Crippen LogP contribution in [0.5, 0.6) is 0 Å². The van der Waals surface area contributed by atoms with E-state index in [4.69, 9.17) is 11.6 Å². The van der Waals surface area contributed by atoms with Crippen LogP contribution >= 0.6 is 23.4 Å². The number of likely N-dealkylation sites (N-methyl/N-ethyl adjacent to an activating group) is 1. The molecule has 3 N–H and O–H groups in total. The number of hydrogen-bond acceptors (Lipinski definition) is 10. The van der Waals surface area contributed by atoms with E-state index >= 15 is 0 Å². The molecule has 0 radical (unpaired) electrons. The minimum absolute atomic E-state index is 0.123. The lowest BCUT2D eigenvalue weighted by atomic mass is 9.95. The number of nitrogens with one attached hydrogen (secondary N) is 3. The summed E-state index contributed by atoms with van der Waals surface area (Å²) in [5, 5.41) is 19.5. The molecule has 16 heteroatoms. The minimum Gasteiger partial charge on any atom is -0.376 e. The number of benzene rings is 5. The van der Waals surface area contributed by atoms with Crippen molar-refractivity contribution in [1.82, 2.24) is 24.6 Å². The van der Waals surface area contributed by atoms with Crippen LogP contribution in [0, 0.1) is 28.9 Å². The number of aromatic nitrogens is 1. The third-order valence-electron chi connectivity index (χ3n) is 12.2. The largest absolute Gasteiger partial charge is 0.376 e. The summed E-state index contributed by atoms with van der Waals surface area (Å²) in [5.41, 5.74) is 6.42. The predicted octanol–water partition coefficient (Wildman–Crippen LogP) is 9.32. The number of sulfonamides is 1. The van der Waals surface area contributed by atoms with Crippen LogP contribution in [0.3, 0.4) is 0 Å². The van der Waals surface area contributed by atoms with Gasteiger partial charge in [-0.2, -0.15) is 0 Å². The number of hydrogen-bond donors (Lipinski definition) is 3. The molecule has 1 atom stereocenters. The standard InChI is InChI=1S/C53H59ClN8O5S2/c1-38-50(53(63)55-28-10-29-61-33-31-59(4)32-34-61)51(52(60(38)5)41-19-21-43(54)22-20-41)42-12-9-11-40(35-42)16-15-39-17-23-44(24-18-39)57-69(66,67)47-25-26-48(49(36-47)62(64)65)56-45(27-30-58(2)3)37-68-46-13-7-6-8-14-46/h6-9,11-14,17-26,35-36,45,56-57H,10,27-34,37H2,1-5H3,(H,55,63). The maximum Gasteiger partial charge on any atom is 0.293 e. The summed E-state index contributed by atoms with van der Waals surface area (Å²) in [4.78, 5) is 33.5. The Kier molecular flexibility index (Phi) is 17.3. The minimum atomic E-state index is -4.20. The van der Waals surface area contributed by atoms with E-state index in [1.165, 1.54) is 12.1 Å². The van der Waals surface area contributed by atoms with E-state index in [0.29, 0.717) is 28.4 Å². The smallest absolute Gasteiger partial charge is 0.293 e. The third-order valence-corrected chi connectivity index (χ3v) is 15.0. The Hall–Kier alpha value is -6.12. The van der Waals surface area contributed by atoms with Gasteiger partial charge in [0.25, 0.3) is 21.6 Å². The van der Waals surface area contributed by atoms with Gasteiger partial charge >= 0.3 is 0 Å². The molecular weight excluding hydrogens is 928 g/mol. The number of nitro groups is 1. The van der Waals surface area contributed by atoms with Crippen LogP contribution < -0.4 is 15.4 Å². The molecule has 0 aliphatic carbocycles. The van der Waals surface area contributed by atoms with Crippen molar-refractivity contribution in [2.75, 3.05) is 82.7 Å². The van der Waals surface area contributed by atoms with Crippen LogP contribution in [0.25, 0.3) is 22.4 Å². The Morgan fingerprint density at radius 2 is 1.58 bits per heavy atom. The lowest BCUT2D eigenvalue weighted by Gasteiger charge is -2.32. The van der Waals surface area contributed by atoms with E-state index < -0.39 is 14.9 Å². The molecule has 1 fully saturated rings. The van der Waals surface area contributed by atoms with Crippen LogP contribution in [0.1, 0.15) is 40.0 Å². The highest BCUT2D eigenvalue weighted by Crippen LogP contribution is 2.39. The molecule has 1 saturated heterocycles. The lowest BCUT2D eigenvalue weighted by molar-refractivity contribution is -0.384. The first-order chi connectivity index (χ1) is 33.1. The van der Waals surface area contributed by atoms with Crippen molar-refractivity contribution in [2.45, 2.75) is 35.6 Å². The number of amides is 1. The van der Waals surface area contributed by atoms with Gasteiger partial charge in [-0.1, -0.05) is 65.9 Å². The SMILES string of the molecule is Cc1c(C(=O)NCCCN2CCN(C)CC2)c(-c2cccc(C#Cc3ccc(NS(=O)(=O)c4ccc(NC(CCN(C)C)CSc5ccccc5)c([N+](=O)[O-])c4)cc3)c2)c(-c2ccc(Cl)cc2)n1C. The number of carbonyl (C=O) groups excluding carboxylic acids is 1. The molecular formula is C53H59ClN8O5S2. The van der Waals surface area contributed by atoms with Gasteiger partial charge in [0.2, 0.25) is 0 Å². The zero-order chi connectivity index (χ0) is 49.1. The second kappa shape index (κ2) is 23.5. The van der Waals surface area contributed by atoms with Gasteiger partial charge in [0.15, 0.2) is 0 Å². The zero-order valence-electron chi connectivity index (χ0n) is 39.7. The van der Waals surface area contributed by atoms with Crippen molar-refractivity contribution in [3.05, 3.63) is 159 Å². The monoisotopic (exact) mass is 986 g/mol. The van der Waals surface area contributed by atoms with Crippen molar-refractivity contribution >= 4 is 56.4 Å². The Labute approximate surface area is 415 Å². The maximum absolute atomic E-state index is 14.1. The molecule has 0 bridgehead atoms. The first-order valence-corrected chi connectivity index (χ1v) is 25.8. The summed E-state index contributed by atoms with van der Waals surface area (Å²) in [6, 6.07) is 35.7. The van der Waals surface area contributed by atoms with Gasteiger partial charge in [0.05, 0.1) is 21.1 Å². The van der Waals surface area contributed by atoms with Crippen LogP contribution in [0.2, 0.25) is 5.02 Å². The van der Waals surface area contributed by atoms with E-state index in [1.807, 2.05) is 107 Å². The second-order valence-electron chi connectivity index (χ2n) is 17.5. The highest BCUT2D eigenvalue weighted by molar-refractivity contribution is 7.99. The van der Waals surface area contributed by atoms with Crippen molar-refractivity contribution in [1.29, 1.82) is 0 Å². The topological polar surface area (TPSA) is 145 Å². The summed E-state index contributed by atoms with van der Waals surface area (Å²) in [5.74, 6) is 6.96. The first kappa shape index (κ1) is 50.7. The third kappa shape index (κ3) is 13.6. The van der Waals surface area contributed by atoms with Crippen molar-refractivity contribution in [3.63, 3.8) is 0 Å². The first-order valence-electron chi connectivity index (χ1n) is 22.9. The van der Waals surface area contributed by atoms with Crippen LogP contribution in [-0.4, -0.2) is 117 Å². The van der Waals surface area contributed by atoms with Gasteiger partial charge in [-0.05, 0) is 138 Å². The molecule has 7 rings (SSSR count). The van der Waals surface area contributed by atoms with Gasteiger partial charge < -0.3 is 29.9 Å². The molecule has 1 unspecified atom stereocenters. The fraction of sp³-hybridized carbons (Fsp3) is 0.302. The van der Waals surface area contributed by atoms with Crippen molar-refractivity contribution < 1.29 is 18.1 Å². The number of thioether (sulfide) groups is 1. The van der Waals surface area contributed by atoms with Gasteiger partial charge in [-0.25, -0.2) is 8.42 Å². The number of nitrogens with zero attached hydrogens (tertiary/aromatic N) is 5. The molecule has 1 amide bonds. The number of carbonyl (C=O) groups is 1. The highest BCUT2D eigenvalue weighted by Gasteiger charge is 2.27. The van der Waals surface area contributed by atoms with E-state index in [2.05, 4.69) is 53.5 Å². The highest BCUT2D eigenvalue weighted by atomic mass is 35.5. The molecule has 5 aromatic carbocycles. The Morgan fingerprint density at radius 1 is 0.870 bits per heavy atom. The van der Waals surface area contributed by atoms with Crippen molar-refractivity contribution in [3.8, 4) is 34.2 Å². The van der Waals surface area contributed by atoms with Gasteiger partial charge in [-0.3, -0.25) is 19.6 Å². The molecule has 2 heterocycles. The molecule has 6 aromatic rings. The lowest BCUT2D eigenvalue weighted by Crippen LogP contribution is -2.45. The van der Waals surface area contributed by atoms with Gasteiger partial charge in [-0.15, -0.1) is 11.8 Å². The molecule has 1 aliphatic heterocycles. The quantitative estimate of drug-likeness (QED) is 0.0236. The molecule has 0 saturated carbocycles. The number of nitro benzene ring substituents is 1. The average Bonchev–Trinajstić information content (AvgIpc) is 3.61. The zero-order valence-corrected chi connectivity index (χ0v) is 42.1. The van der Waals surface area contributed by atoms with Crippen LogP contribution in [-0.2, 0) is 17.1 Å². The fourth-order valence-corrected chi connectivity index (χ4v) is 10.4. The Bertz CT molecular complexity index is 2910. The fourth-order valence-electron chi connectivity index (χ4n) is 8.20. The Balaban J connectivity index is 1.06. The molecule has 1 aromatic heterocycles. The van der Waals surface area contributed by atoms with E-state index in [9.17, 15) is 23.3 Å².